The summed E-state index contributed by atoms with van der Waals surface area (Å²) in [6, 6.07) is 2.95. The first kappa shape index (κ1) is 22.9. The second kappa shape index (κ2) is 8.23. The zero-order valence-electron chi connectivity index (χ0n) is 18.9. The van der Waals surface area contributed by atoms with Crippen molar-refractivity contribution in [3.05, 3.63) is 30.2 Å². The highest BCUT2D eigenvalue weighted by Gasteiger charge is 2.58. The number of rotatable bonds is 7. The highest BCUT2D eigenvalue weighted by Crippen LogP contribution is 2.57. The number of nitrogens with one attached hydrogen (secondary N) is 3. The van der Waals surface area contributed by atoms with Gasteiger partial charge in [0.2, 0.25) is 5.88 Å². The van der Waals surface area contributed by atoms with Crippen molar-refractivity contribution in [3.63, 3.8) is 0 Å². The molecule has 0 aliphatic heterocycles. The van der Waals surface area contributed by atoms with Gasteiger partial charge in [-0.15, -0.1) is 5.10 Å². The lowest BCUT2D eigenvalue weighted by Gasteiger charge is -2.61. The molecule has 3 heterocycles. The number of alkyl carbamates (subject to hydrolysis) is 1. The number of ether oxygens (including phenoxy) is 2. The Balaban J connectivity index is 1.09. The van der Waals surface area contributed by atoms with Crippen LogP contribution < -0.4 is 15.4 Å². The number of carbonyl (C=O) groups is 1. The van der Waals surface area contributed by atoms with Crippen LogP contribution in [0.2, 0.25) is 0 Å². The van der Waals surface area contributed by atoms with Gasteiger partial charge in [-0.3, -0.25) is 5.10 Å². The van der Waals surface area contributed by atoms with E-state index in [9.17, 15) is 18.0 Å². The number of anilines is 2. The van der Waals surface area contributed by atoms with Gasteiger partial charge in [0, 0.05) is 41.7 Å². The Bertz CT molecular complexity index is 1280. The van der Waals surface area contributed by atoms with E-state index >= 15 is 4.39 Å². The van der Waals surface area contributed by atoms with E-state index in [0.29, 0.717) is 35.8 Å². The molecule has 4 saturated carbocycles. The molecule has 4 aliphatic carbocycles. The number of fused-ring (bicyclic) bond motifs is 1. The average molecular weight is 509 g/mol. The SMILES string of the molecule is O=C(NC12CC(C1)C2)O[C@H]1CC[C@@H](c2cc(Nc3nccn4nc(OCC(F)(F)F)cc34)n[nH]2)[C@H]1F. The summed E-state index contributed by atoms with van der Waals surface area (Å²) in [6.45, 7) is -1.46. The standard InChI is InChI=1S/C22H23F4N7O3/c23-18-12(1-2-15(18)36-20(34)29-21-7-11(8-21)9-21)13-5-16(31-30-13)28-19-14-6-17(35-10-22(24,25)26)32-33(14)4-3-27-19/h3-6,11-12,15,18H,1-2,7-10H2,(H,29,34)(H2,27,28,30,31)/t11?,12-,15-,18+,21?/m0/s1. The van der Waals surface area contributed by atoms with Crippen LogP contribution in [-0.2, 0) is 4.74 Å². The molecule has 0 radical (unpaired) electrons. The highest BCUT2D eigenvalue weighted by molar-refractivity contribution is 5.73. The summed E-state index contributed by atoms with van der Waals surface area (Å²) in [5.41, 5.74) is 0.768. The number of aromatic nitrogens is 5. The van der Waals surface area contributed by atoms with Gasteiger partial charge in [-0.1, -0.05) is 0 Å². The van der Waals surface area contributed by atoms with Crippen LogP contribution in [0, 0.1) is 5.92 Å². The van der Waals surface area contributed by atoms with E-state index in [0.717, 1.165) is 19.3 Å². The van der Waals surface area contributed by atoms with Gasteiger partial charge < -0.3 is 20.1 Å². The molecular formula is C22H23F4N7O3. The molecule has 3 N–H and O–H groups in total. The fraction of sp³-hybridized carbons (Fsp3) is 0.545. The number of H-pyrrole nitrogens is 1. The maximum absolute atomic E-state index is 15.1. The number of nitrogens with zero attached hydrogens (tertiary/aromatic N) is 4. The number of carbonyl (C=O) groups excluding carboxylic acids is 1. The molecule has 192 valence electrons. The number of amides is 1. The summed E-state index contributed by atoms with van der Waals surface area (Å²) in [5, 5.41) is 16.8. The summed E-state index contributed by atoms with van der Waals surface area (Å²) in [4.78, 5) is 16.4. The molecule has 3 aromatic heterocycles. The van der Waals surface area contributed by atoms with Crippen LogP contribution in [0.3, 0.4) is 0 Å². The number of alkyl halides is 4. The van der Waals surface area contributed by atoms with Crippen LogP contribution in [-0.4, -0.2) is 61.5 Å². The molecule has 2 bridgehead atoms. The molecule has 14 heteroatoms. The van der Waals surface area contributed by atoms with Gasteiger partial charge in [-0.25, -0.2) is 18.7 Å². The number of halogens is 4. The second-order valence-corrected chi connectivity index (χ2v) is 9.78. The molecule has 7 rings (SSSR count). The lowest BCUT2D eigenvalue weighted by Crippen LogP contribution is -2.68. The predicted octanol–water partition coefficient (Wildman–Crippen LogP) is 4.00. The van der Waals surface area contributed by atoms with Crippen LogP contribution in [0.5, 0.6) is 5.88 Å². The molecule has 36 heavy (non-hydrogen) atoms. The number of aromatic amines is 1. The van der Waals surface area contributed by atoms with Crippen molar-refractivity contribution in [2.45, 2.75) is 62.0 Å². The van der Waals surface area contributed by atoms with Gasteiger partial charge in [0.25, 0.3) is 0 Å². The predicted molar refractivity (Wildman–Crippen MR) is 117 cm³/mol. The van der Waals surface area contributed by atoms with Gasteiger partial charge in [0.15, 0.2) is 18.2 Å². The zero-order valence-corrected chi connectivity index (χ0v) is 18.9. The van der Waals surface area contributed by atoms with E-state index in [-0.39, 0.29) is 17.2 Å². The Kier molecular flexibility index (Phi) is 5.23. The van der Waals surface area contributed by atoms with Crippen molar-refractivity contribution in [3.8, 4) is 5.88 Å². The quantitative estimate of drug-likeness (QED) is 0.412. The van der Waals surface area contributed by atoms with E-state index in [4.69, 9.17) is 9.47 Å². The molecule has 0 unspecified atom stereocenters. The zero-order chi connectivity index (χ0) is 25.1. The second-order valence-electron chi connectivity index (χ2n) is 9.78. The molecule has 4 fully saturated rings. The van der Waals surface area contributed by atoms with Crippen molar-refractivity contribution in [1.29, 1.82) is 0 Å². The number of hydrogen-bond acceptors (Lipinski definition) is 7. The summed E-state index contributed by atoms with van der Waals surface area (Å²) >= 11 is 0. The molecule has 0 aromatic carbocycles. The molecule has 1 amide bonds. The molecule has 10 nitrogen and oxygen atoms in total. The van der Waals surface area contributed by atoms with Crippen molar-refractivity contribution >= 4 is 23.2 Å². The topological polar surface area (TPSA) is 118 Å². The Labute approximate surface area is 201 Å². The maximum Gasteiger partial charge on any atom is 0.422 e. The third-order valence-electron chi connectivity index (χ3n) is 7.16. The lowest BCUT2D eigenvalue weighted by molar-refractivity contribution is -0.154. The minimum absolute atomic E-state index is 0.132. The largest absolute Gasteiger partial charge is 0.467 e. The molecule has 3 atom stereocenters. The first-order valence-corrected chi connectivity index (χ1v) is 11.7. The van der Waals surface area contributed by atoms with E-state index in [2.05, 4.69) is 30.9 Å². The Hall–Kier alpha value is -3.58. The highest BCUT2D eigenvalue weighted by atomic mass is 19.4. The maximum atomic E-state index is 15.1. The smallest absolute Gasteiger partial charge is 0.422 e. The molecule has 4 aliphatic rings. The van der Waals surface area contributed by atoms with Crippen molar-refractivity contribution in [2.24, 2.45) is 5.92 Å². The Morgan fingerprint density at radius 3 is 2.78 bits per heavy atom. The van der Waals surface area contributed by atoms with Gasteiger partial charge in [-0.05, 0) is 38.0 Å². The average Bonchev–Trinajstić information content (AvgIpc) is 3.48. The van der Waals surface area contributed by atoms with E-state index in [1.165, 1.54) is 23.0 Å². The third-order valence-corrected chi connectivity index (χ3v) is 7.16. The third kappa shape index (κ3) is 4.28. The van der Waals surface area contributed by atoms with Crippen molar-refractivity contribution in [1.82, 2.24) is 30.1 Å². The fourth-order valence-corrected chi connectivity index (χ4v) is 5.32. The monoisotopic (exact) mass is 509 g/mol. The van der Waals surface area contributed by atoms with Crippen molar-refractivity contribution < 1.29 is 31.8 Å². The fourth-order valence-electron chi connectivity index (χ4n) is 5.32. The van der Waals surface area contributed by atoms with Gasteiger partial charge in [0.1, 0.15) is 17.8 Å². The van der Waals surface area contributed by atoms with Gasteiger partial charge in [0.05, 0.1) is 0 Å². The van der Waals surface area contributed by atoms with Crippen LogP contribution in [0.25, 0.3) is 5.52 Å². The van der Waals surface area contributed by atoms with Crippen LogP contribution in [0.15, 0.2) is 24.5 Å². The number of hydrogen-bond donors (Lipinski definition) is 3. The Morgan fingerprint density at radius 2 is 2.06 bits per heavy atom. The molecule has 0 saturated heterocycles. The Morgan fingerprint density at radius 1 is 1.25 bits per heavy atom. The van der Waals surface area contributed by atoms with Crippen molar-refractivity contribution in [2.75, 3.05) is 11.9 Å². The lowest BCUT2D eigenvalue weighted by atomic mass is 9.50. The summed E-state index contributed by atoms with van der Waals surface area (Å²) in [5.74, 6) is 0.588. The van der Waals surface area contributed by atoms with Gasteiger partial charge >= 0.3 is 12.3 Å². The minimum Gasteiger partial charge on any atom is -0.467 e. The molecule has 0 spiro atoms. The first-order chi connectivity index (χ1) is 17.2. The van der Waals surface area contributed by atoms with Gasteiger partial charge in [-0.2, -0.15) is 18.3 Å². The van der Waals surface area contributed by atoms with Crippen LogP contribution >= 0.6 is 0 Å². The normalized spacial score (nSPS) is 28.9. The molecule has 3 aromatic rings. The van der Waals surface area contributed by atoms with Crippen LogP contribution in [0.1, 0.15) is 43.7 Å². The molecular weight excluding hydrogens is 486 g/mol. The first-order valence-electron chi connectivity index (χ1n) is 11.7. The summed E-state index contributed by atoms with van der Waals surface area (Å²) < 4.78 is 63.9. The summed E-state index contributed by atoms with van der Waals surface area (Å²) in [6.07, 6.45) is -0.594. The van der Waals surface area contributed by atoms with E-state index < -0.39 is 37.1 Å². The van der Waals surface area contributed by atoms with E-state index in [1.54, 1.807) is 6.07 Å². The van der Waals surface area contributed by atoms with Crippen LogP contribution in [0.4, 0.5) is 34.0 Å². The van der Waals surface area contributed by atoms with E-state index in [1.807, 2.05) is 0 Å². The minimum atomic E-state index is -4.49. The summed E-state index contributed by atoms with van der Waals surface area (Å²) in [7, 11) is 0.